The first-order chi connectivity index (χ1) is 6.26. The van der Waals surface area contributed by atoms with E-state index >= 15 is 0 Å². The third kappa shape index (κ3) is 3.95. The van der Waals surface area contributed by atoms with Gasteiger partial charge in [-0.1, -0.05) is 34.2 Å². The highest BCUT2D eigenvalue weighted by Gasteiger charge is 2.18. The number of ether oxygens (including phenoxy) is 2. The van der Waals surface area contributed by atoms with Gasteiger partial charge in [0, 0.05) is 6.61 Å². The van der Waals surface area contributed by atoms with Crippen molar-refractivity contribution in [3.63, 3.8) is 0 Å². The van der Waals surface area contributed by atoms with Crippen LogP contribution in [0.4, 0.5) is 0 Å². The van der Waals surface area contributed by atoms with E-state index in [-0.39, 0.29) is 12.4 Å². The van der Waals surface area contributed by atoms with Crippen LogP contribution in [-0.4, -0.2) is 23.4 Å². The molecule has 0 aromatic rings. The zero-order valence-corrected chi connectivity index (χ0v) is 10.4. The fourth-order valence-corrected chi connectivity index (χ4v) is 1.92. The van der Waals surface area contributed by atoms with Gasteiger partial charge in [-0.15, -0.1) is 0 Å². The molecule has 0 aliphatic heterocycles. The summed E-state index contributed by atoms with van der Waals surface area (Å²) in [6.07, 6.45) is 4.75. The molecule has 0 aromatic carbocycles. The van der Waals surface area contributed by atoms with Crippen LogP contribution in [0, 0.1) is 0 Å². The number of alkyl halides is 1. The van der Waals surface area contributed by atoms with E-state index in [2.05, 4.69) is 35.6 Å². The van der Waals surface area contributed by atoms with Crippen molar-refractivity contribution in [3.05, 3.63) is 11.6 Å². The molecule has 0 heterocycles. The van der Waals surface area contributed by atoms with Gasteiger partial charge in [0.15, 0.2) is 6.29 Å². The fraction of sp³-hybridized carbons (Fsp3) is 0.800. The summed E-state index contributed by atoms with van der Waals surface area (Å²) in [5.41, 5.74) is 1.44. The van der Waals surface area contributed by atoms with Crippen LogP contribution in [0.5, 0.6) is 0 Å². The van der Waals surface area contributed by atoms with Crippen LogP contribution in [-0.2, 0) is 9.47 Å². The molecular formula is C10H17IO2. The third-order valence-corrected chi connectivity index (χ3v) is 2.82. The SMILES string of the molecule is CCOC(CI)OC1C=C(C)CC1. The van der Waals surface area contributed by atoms with Crippen molar-refractivity contribution < 1.29 is 9.47 Å². The number of allylic oxidation sites excluding steroid dienone is 1. The van der Waals surface area contributed by atoms with Crippen LogP contribution >= 0.6 is 22.6 Å². The highest BCUT2D eigenvalue weighted by molar-refractivity contribution is 14.1. The molecule has 1 aliphatic carbocycles. The summed E-state index contributed by atoms with van der Waals surface area (Å²) in [5, 5.41) is 0. The van der Waals surface area contributed by atoms with E-state index in [1.807, 2.05) is 6.92 Å². The van der Waals surface area contributed by atoms with E-state index in [0.717, 1.165) is 17.5 Å². The average molecular weight is 296 g/mol. The molecule has 0 saturated heterocycles. The van der Waals surface area contributed by atoms with Gasteiger partial charge in [0.05, 0.1) is 10.5 Å². The Morgan fingerprint density at radius 2 is 2.46 bits per heavy atom. The fourth-order valence-electron chi connectivity index (χ4n) is 1.46. The molecule has 2 nitrogen and oxygen atoms in total. The zero-order valence-electron chi connectivity index (χ0n) is 8.25. The largest absolute Gasteiger partial charge is 0.352 e. The molecule has 0 N–H and O–H groups in total. The van der Waals surface area contributed by atoms with Crippen molar-refractivity contribution in [2.45, 2.75) is 39.1 Å². The first-order valence-electron chi connectivity index (χ1n) is 4.76. The Kier molecular flexibility index (Phi) is 5.28. The van der Waals surface area contributed by atoms with Crippen molar-refractivity contribution in [3.8, 4) is 0 Å². The molecule has 1 rings (SSSR count). The molecule has 2 atom stereocenters. The second-order valence-electron chi connectivity index (χ2n) is 3.27. The second kappa shape index (κ2) is 5.98. The summed E-state index contributed by atoms with van der Waals surface area (Å²) >= 11 is 2.29. The first kappa shape index (κ1) is 11.5. The molecular weight excluding hydrogens is 279 g/mol. The number of rotatable bonds is 5. The Morgan fingerprint density at radius 3 is 2.92 bits per heavy atom. The van der Waals surface area contributed by atoms with Gasteiger partial charge in [-0.25, -0.2) is 0 Å². The minimum absolute atomic E-state index is 0.0299. The van der Waals surface area contributed by atoms with E-state index < -0.39 is 0 Å². The van der Waals surface area contributed by atoms with Gasteiger partial charge >= 0.3 is 0 Å². The first-order valence-corrected chi connectivity index (χ1v) is 6.29. The van der Waals surface area contributed by atoms with Gasteiger partial charge < -0.3 is 9.47 Å². The van der Waals surface area contributed by atoms with Gasteiger partial charge in [0.25, 0.3) is 0 Å². The van der Waals surface area contributed by atoms with Gasteiger partial charge in [-0.05, 0) is 26.7 Å². The predicted molar refractivity (Wildman–Crippen MR) is 62.2 cm³/mol. The van der Waals surface area contributed by atoms with Crippen LogP contribution < -0.4 is 0 Å². The molecule has 1 aliphatic rings. The van der Waals surface area contributed by atoms with Gasteiger partial charge in [0.2, 0.25) is 0 Å². The van der Waals surface area contributed by atoms with Crippen LogP contribution in [0.2, 0.25) is 0 Å². The van der Waals surface area contributed by atoms with Crippen molar-refractivity contribution in [1.82, 2.24) is 0 Å². The zero-order chi connectivity index (χ0) is 9.68. The van der Waals surface area contributed by atoms with Crippen LogP contribution in [0.25, 0.3) is 0 Å². The molecule has 76 valence electrons. The maximum atomic E-state index is 5.77. The molecule has 0 radical (unpaired) electrons. The van der Waals surface area contributed by atoms with Gasteiger partial charge in [-0.2, -0.15) is 0 Å². The highest BCUT2D eigenvalue weighted by Crippen LogP contribution is 2.21. The Balaban J connectivity index is 2.29. The van der Waals surface area contributed by atoms with E-state index in [1.54, 1.807) is 0 Å². The highest BCUT2D eigenvalue weighted by atomic mass is 127. The topological polar surface area (TPSA) is 18.5 Å². The lowest BCUT2D eigenvalue weighted by atomic mass is 10.3. The van der Waals surface area contributed by atoms with Crippen molar-refractivity contribution in [2.24, 2.45) is 0 Å². The van der Waals surface area contributed by atoms with Crippen LogP contribution in [0.15, 0.2) is 11.6 Å². The molecule has 0 fully saturated rings. The maximum Gasteiger partial charge on any atom is 0.167 e. The molecule has 0 bridgehead atoms. The Labute approximate surface area is 93.8 Å². The Hall–Kier alpha value is 0.390. The lowest BCUT2D eigenvalue weighted by molar-refractivity contribution is -0.140. The van der Waals surface area contributed by atoms with Gasteiger partial charge in [-0.3, -0.25) is 0 Å². The third-order valence-electron chi connectivity index (χ3n) is 2.10. The maximum absolute atomic E-state index is 5.77. The molecule has 2 unspecified atom stereocenters. The standard InChI is InChI=1S/C10H17IO2/c1-3-12-10(7-11)13-9-5-4-8(2)6-9/h6,9-10H,3-5,7H2,1-2H3. The minimum Gasteiger partial charge on any atom is -0.352 e. The van der Waals surface area contributed by atoms with Crippen molar-refractivity contribution in [1.29, 1.82) is 0 Å². The van der Waals surface area contributed by atoms with E-state index in [1.165, 1.54) is 12.0 Å². The smallest absolute Gasteiger partial charge is 0.167 e. The van der Waals surface area contributed by atoms with E-state index in [4.69, 9.17) is 9.47 Å². The summed E-state index contributed by atoms with van der Waals surface area (Å²) in [4.78, 5) is 0. The number of hydrogen-bond donors (Lipinski definition) is 0. The predicted octanol–water partition coefficient (Wildman–Crippen LogP) is 2.91. The number of hydrogen-bond acceptors (Lipinski definition) is 2. The molecule has 0 spiro atoms. The summed E-state index contributed by atoms with van der Waals surface area (Å²) in [6.45, 7) is 4.88. The van der Waals surface area contributed by atoms with Crippen molar-refractivity contribution in [2.75, 3.05) is 11.0 Å². The molecule has 0 aromatic heterocycles. The van der Waals surface area contributed by atoms with Crippen molar-refractivity contribution >= 4 is 22.6 Å². The lowest BCUT2D eigenvalue weighted by Gasteiger charge is -2.18. The van der Waals surface area contributed by atoms with E-state index in [0.29, 0.717) is 0 Å². The summed E-state index contributed by atoms with van der Waals surface area (Å²) in [7, 11) is 0. The Bertz CT molecular complexity index is 180. The average Bonchev–Trinajstić information content (AvgIpc) is 2.50. The second-order valence-corrected chi connectivity index (χ2v) is 4.15. The van der Waals surface area contributed by atoms with Crippen LogP contribution in [0.1, 0.15) is 26.7 Å². The monoisotopic (exact) mass is 296 g/mol. The summed E-state index contributed by atoms with van der Waals surface area (Å²) < 4.78 is 12.1. The molecule has 0 amide bonds. The Morgan fingerprint density at radius 1 is 1.69 bits per heavy atom. The molecule has 3 heteroatoms. The quantitative estimate of drug-likeness (QED) is 0.336. The summed E-state index contributed by atoms with van der Waals surface area (Å²) in [5.74, 6) is 0. The van der Waals surface area contributed by atoms with Gasteiger partial charge in [0.1, 0.15) is 0 Å². The normalized spacial score (nSPS) is 24.5. The lowest BCUT2D eigenvalue weighted by Crippen LogP contribution is -2.23. The van der Waals surface area contributed by atoms with E-state index in [9.17, 15) is 0 Å². The molecule has 0 saturated carbocycles. The minimum atomic E-state index is -0.0299. The number of halogens is 1. The molecule has 13 heavy (non-hydrogen) atoms. The summed E-state index contributed by atoms with van der Waals surface area (Å²) in [6, 6.07) is 0. The van der Waals surface area contributed by atoms with Crippen LogP contribution in [0.3, 0.4) is 0 Å².